The molecule has 0 amide bonds. The van der Waals surface area contributed by atoms with Crippen molar-refractivity contribution in [2.24, 2.45) is 0 Å². The maximum absolute atomic E-state index is 6.10. The van der Waals surface area contributed by atoms with Crippen molar-refractivity contribution in [2.75, 3.05) is 31.1 Å². The third-order valence-electron chi connectivity index (χ3n) is 5.16. The molecule has 154 valence electrons. The normalized spacial score (nSPS) is 16.3. The number of oxazole rings is 1. The maximum atomic E-state index is 6.10. The lowest BCUT2D eigenvalue weighted by Gasteiger charge is -2.34. The smallest absolute Gasteiger partial charge is 0.298 e. The van der Waals surface area contributed by atoms with Gasteiger partial charge in [0.15, 0.2) is 5.58 Å². The average Bonchev–Trinajstić information content (AvgIpc) is 3.22. The molecule has 30 heavy (non-hydrogen) atoms. The molecular formula is C23H23ClN4O2. The number of halogens is 1. The highest BCUT2D eigenvalue weighted by atomic mass is 35.5. The first kappa shape index (κ1) is 20.2. The highest BCUT2D eigenvalue weighted by Gasteiger charge is 2.27. The second-order valence-electron chi connectivity index (χ2n) is 7.10. The van der Waals surface area contributed by atoms with Crippen LogP contribution in [0.3, 0.4) is 0 Å². The van der Waals surface area contributed by atoms with E-state index in [0.717, 1.165) is 42.0 Å². The van der Waals surface area contributed by atoms with Crippen molar-refractivity contribution in [3.63, 3.8) is 0 Å². The minimum Gasteiger partial charge on any atom is -0.490 e. The van der Waals surface area contributed by atoms with Crippen molar-refractivity contribution >= 4 is 29.5 Å². The van der Waals surface area contributed by atoms with Crippen molar-refractivity contribution in [3.8, 4) is 16.9 Å². The first-order valence-corrected chi connectivity index (χ1v) is 9.83. The molecule has 3 heterocycles. The van der Waals surface area contributed by atoms with Crippen LogP contribution in [-0.2, 0) is 0 Å². The number of nitrogens with one attached hydrogen (secondary N) is 1. The summed E-state index contributed by atoms with van der Waals surface area (Å²) in [4.78, 5) is 11.1. The summed E-state index contributed by atoms with van der Waals surface area (Å²) in [6.45, 7) is 3.05. The van der Waals surface area contributed by atoms with Gasteiger partial charge in [0.05, 0.1) is 12.2 Å². The van der Waals surface area contributed by atoms with Crippen LogP contribution in [-0.4, -0.2) is 42.3 Å². The predicted octanol–water partition coefficient (Wildman–Crippen LogP) is 4.17. The summed E-state index contributed by atoms with van der Waals surface area (Å²) >= 11 is 0. The molecule has 2 aromatic heterocycles. The predicted molar refractivity (Wildman–Crippen MR) is 120 cm³/mol. The van der Waals surface area contributed by atoms with Gasteiger partial charge >= 0.3 is 0 Å². The third-order valence-corrected chi connectivity index (χ3v) is 5.16. The van der Waals surface area contributed by atoms with Crippen LogP contribution in [0.5, 0.6) is 5.75 Å². The van der Waals surface area contributed by atoms with Crippen molar-refractivity contribution in [1.29, 1.82) is 0 Å². The molecule has 1 saturated heterocycles. The van der Waals surface area contributed by atoms with Gasteiger partial charge in [-0.25, -0.2) is 0 Å². The molecule has 1 N–H and O–H groups in total. The zero-order valence-electron chi connectivity index (χ0n) is 16.4. The highest BCUT2D eigenvalue weighted by Crippen LogP contribution is 2.28. The molecule has 0 spiro atoms. The highest BCUT2D eigenvalue weighted by molar-refractivity contribution is 5.85. The molecule has 0 radical (unpaired) electrons. The Hall–Kier alpha value is -3.09. The zero-order chi connectivity index (χ0) is 19.5. The number of anilines is 1. The van der Waals surface area contributed by atoms with E-state index >= 15 is 0 Å². The molecule has 1 fully saturated rings. The molecule has 0 saturated carbocycles. The van der Waals surface area contributed by atoms with E-state index < -0.39 is 0 Å². The van der Waals surface area contributed by atoms with E-state index in [1.165, 1.54) is 5.56 Å². The molecule has 1 aliphatic rings. The van der Waals surface area contributed by atoms with Gasteiger partial charge in [0, 0.05) is 25.8 Å². The molecule has 0 unspecified atom stereocenters. The van der Waals surface area contributed by atoms with Crippen LogP contribution in [0, 0.1) is 0 Å². The molecule has 0 bridgehead atoms. The molecule has 6 nitrogen and oxygen atoms in total. The Bertz CT molecular complexity index is 1090. The van der Waals surface area contributed by atoms with Crippen molar-refractivity contribution in [2.45, 2.75) is 6.04 Å². The Balaban J connectivity index is 0.00000218. The minimum atomic E-state index is 0. The fourth-order valence-electron chi connectivity index (χ4n) is 3.63. The lowest BCUT2D eigenvalue weighted by molar-refractivity contribution is 0.261. The number of hydrogen-bond donors (Lipinski definition) is 1. The van der Waals surface area contributed by atoms with Crippen LogP contribution < -0.4 is 15.0 Å². The molecule has 5 rings (SSSR count). The van der Waals surface area contributed by atoms with Gasteiger partial charge < -0.3 is 19.4 Å². The van der Waals surface area contributed by atoms with Gasteiger partial charge in [0.1, 0.15) is 17.9 Å². The average molecular weight is 423 g/mol. The summed E-state index contributed by atoms with van der Waals surface area (Å²) in [6.07, 6.45) is 3.47. The number of fused-ring (bicyclic) bond motifs is 1. The van der Waals surface area contributed by atoms with Gasteiger partial charge in [-0.2, -0.15) is 4.98 Å². The lowest BCUT2D eigenvalue weighted by Crippen LogP contribution is -2.54. The lowest BCUT2D eigenvalue weighted by atomic mass is 10.1. The van der Waals surface area contributed by atoms with Crippen LogP contribution in [0.4, 0.5) is 6.01 Å². The van der Waals surface area contributed by atoms with Crippen LogP contribution in [0.2, 0.25) is 0 Å². The molecule has 2 aromatic carbocycles. The van der Waals surface area contributed by atoms with E-state index in [9.17, 15) is 0 Å². The number of nitrogens with zero attached hydrogens (tertiary/aromatic N) is 3. The number of ether oxygens (including phenoxy) is 1. The summed E-state index contributed by atoms with van der Waals surface area (Å²) in [5.41, 5.74) is 3.97. The van der Waals surface area contributed by atoms with Crippen LogP contribution in [0.1, 0.15) is 0 Å². The van der Waals surface area contributed by atoms with E-state index in [1.54, 1.807) is 12.4 Å². The largest absolute Gasteiger partial charge is 0.490 e. The monoisotopic (exact) mass is 422 g/mol. The Morgan fingerprint density at radius 2 is 1.97 bits per heavy atom. The van der Waals surface area contributed by atoms with Crippen molar-refractivity contribution in [3.05, 3.63) is 73.1 Å². The number of rotatable bonds is 5. The van der Waals surface area contributed by atoms with Crippen molar-refractivity contribution < 1.29 is 9.15 Å². The van der Waals surface area contributed by atoms with E-state index in [1.807, 2.05) is 36.4 Å². The standard InChI is InChI=1S/C23H22N4O2.ClH/c1-2-5-17(6-3-1)18-8-9-22-21(13-18)26-23(29-22)27-12-11-25-14-19(27)16-28-20-7-4-10-24-15-20;/h1-10,13,15,19,25H,11-12,14,16H2;1H/t19-;/m1./s1. The second kappa shape index (κ2) is 9.15. The third kappa shape index (κ3) is 4.25. The molecule has 7 heteroatoms. The second-order valence-corrected chi connectivity index (χ2v) is 7.10. The van der Waals surface area contributed by atoms with Crippen LogP contribution >= 0.6 is 12.4 Å². The maximum Gasteiger partial charge on any atom is 0.298 e. The van der Waals surface area contributed by atoms with Gasteiger partial charge in [0.25, 0.3) is 6.01 Å². The fraction of sp³-hybridized carbons (Fsp3) is 0.217. The summed E-state index contributed by atoms with van der Waals surface area (Å²) in [5.74, 6) is 0.767. The quantitative estimate of drug-likeness (QED) is 0.520. The fourth-order valence-corrected chi connectivity index (χ4v) is 3.63. The van der Waals surface area contributed by atoms with Gasteiger partial charge in [-0.05, 0) is 35.4 Å². The molecular weight excluding hydrogens is 400 g/mol. The Morgan fingerprint density at radius 1 is 1.07 bits per heavy atom. The Labute approximate surface area is 181 Å². The summed E-state index contributed by atoms with van der Waals surface area (Å²) in [6, 6.07) is 21.0. The number of hydrogen-bond acceptors (Lipinski definition) is 6. The summed E-state index contributed by atoms with van der Waals surface area (Å²) < 4.78 is 12.0. The Kier molecular flexibility index (Phi) is 6.16. The first-order valence-electron chi connectivity index (χ1n) is 9.83. The van der Waals surface area contributed by atoms with E-state index in [0.29, 0.717) is 12.6 Å². The Morgan fingerprint density at radius 3 is 2.80 bits per heavy atom. The SMILES string of the molecule is Cl.c1ccc(-c2ccc3oc(N4CCNC[C@@H]4COc4cccnc4)nc3c2)cc1. The minimum absolute atomic E-state index is 0. The number of aromatic nitrogens is 2. The van der Waals surface area contributed by atoms with Crippen LogP contribution in [0.25, 0.3) is 22.2 Å². The van der Waals surface area contributed by atoms with Crippen molar-refractivity contribution in [1.82, 2.24) is 15.3 Å². The summed E-state index contributed by atoms with van der Waals surface area (Å²) in [7, 11) is 0. The zero-order valence-corrected chi connectivity index (χ0v) is 17.2. The van der Waals surface area contributed by atoms with Crippen LogP contribution in [0.15, 0.2) is 77.5 Å². The molecule has 4 aromatic rings. The number of benzene rings is 2. The van der Waals surface area contributed by atoms with E-state index in [2.05, 4.69) is 39.5 Å². The number of pyridine rings is 1. The van der Waals surface area contributed by atoms with Gasteiger partial charge in [-0.15, -0.1) is 12.4 Å². The number of piperazine rings is 1. The molecule has 0 aliphatic carbocycles. The first-order chi connectivity index (χ1) is 14.4. The van der Waals surface area contributed by atoms with E-state index in [-0.39, 0.29) is 18.4 Å². The van der Waals surface area contributed by atoms with Gasteiger partial charge in [-0.1, -0.05) is 36.4 Å². The van der Waals surface area contributed by atoms with Gasteiger partial charge in [-0.3, -0.25) is 4.98 Å². The summed E-state index contributed by atoms with van der Waals surface area (Å²) in [5, 5.41) is 3.43. The topological polar surface area (TPSA) is 63.4 Å². The molecule has 1 aliphatic heterocycles. The molecule has 1 atom stereocenters. The van der Waals surface area contributed by atoms with E-state index in [4.69, 9.17) is 14.1 Å². The van der Waals surface area contributed by atoms with Gasteiger partial charge in [0.2, 0.25) is 0 Å².